The van der Waals surface area contributed by atoms with Crippen molar-refractivity contribution in [3.8, 4) is 5.75 Å². The van der Waals surface area contributed by atoms with Crippen molar-refractivity contribution < 1.29 is 18.6 Å². The Hall–Kier alpha value is -1.20. The van der Waals surface area contributed by atoms with Gasteiger partial charge >= 0.3 is 12.8 Å². The minimum absolute atomic E-state index is 0.275. The zero-order valence-corrected chi connectivity index (χ0v) is 17.6. The van der Waals surface area contributed by atoms with Crippen LogP contribution in [-0.2, 0) is 14.1 Å². The molecule has 1 N–H and O–H groups in total. The third kappa shape index (κ3) is 5.40. The van der Waals surface area contributed by atoms with Crippen LogP contribution in [0.3, 0.4) is 0 Å². The molecule has 0 aliphatic carbocycles. The maximum absolute atomic E-state index is 12.8. The van der Waals surface area contributed by atoms with Crippen molar-refractivity contribution in [2.24, 2.45) is 0 Å². The molecular formula is C18H23ClNO4PS. The molecular weight excluding hydrogens is 393 g/mol. The van der Waals surface area contributed by atoms with Gasteiger partial charge in [-0.3, -0.25) is 4.79 Å². The van der Waals surface area contributed by atoms with Gasteiger partial charge in [-0.25, -0.2) is 9.65 Å². The summed E-state index contributed by atoms with van der Waals surface area (Å²) < 4.78 is 23.6. The van der Waals surface area contributed by atoms with Crippen LogP contribution in [0.25, 0.3) is 10.8 Å². The van der Waals surface area contributed by atoms with E-state index in [2.05, 4.69) is 17.7 Å². The van der Waals surface area contributed by atoms with Gasteiger partial charge in [-0.05, 0) is 39.1 Å². The van der Waals surface area contributed by atoms with Crippen molar-refractivity contribution in [3.05, 3.63) is 42.5 Å². The van der Waals surface area contributed by atoms with Crippen molar-refractivity contribution in [2.45, 2.75) is 44.6 Å². The number of nitrogens with one attached hydrogen (secondary N) is 1. The van der Waals surface area contributed by atoms with Gasteiger partial charge in [0.05, 0.1) is 6.10 Å². The molecule has 0 saturated carbocycles. The molecule has 0 radical (unpaired) electrons. The first-order chi connectivity index (χ1) is 12.0. The number of halogens is 1. The van der Waals surface area contributed by atoms with Gasteiger partial charge in [0, 0.05) is 22.2 Å². The summed E-state index contributed by atoms with van der Waals surface area (Å²) in [4.78, 5) is 12.1. The van der Waals surface area contributed by atoms with Crippen LogP contribution in [0.2, 0.25) is 0 Å². The van der Waals surface area contributed by atoms with E-state index in [1.54, 1.807) is 39.8 Å². The number of carbonyl (C=O) groups excluding carboxylic acids is 1. The van der Waals surface area contributed by atoms with E-state index >= 15 is 0 Å². The lowest BCUT2D eigenvalue weighted by Crippen LogP contribution is -2.49. The number of thiol groups is 1. The Bertz CT molecular complexity index is 838. The van der Waals surface area contributed by atoms with E-state index in [4.69, 9.17) is 20.5 Å². The molecule has 26 heavy (non-hydrogen) atoms. The summed E-state index contributed by atoms with van der Waals surface area (Å²) in [5.41, 5.74) is -1.03. The van der Waals surface area contributed by atoms with Crippen molar-refractivity contribution in [1.29, 1.82) is 0 Å². The molecule has 0 aliphatic rings. The van der Waals surface area contributed by atoms with E-state index in [-0.39, 0.29) is 6.10 Å². The average molecular weight is 416 g/mol. The second-order valence-electron chi connectivity index (χ2n) is 6.77. The SMILES string of the molecule is CC(C)OC(=O)C(S)C(C)(C)NP(=O)(Cl)Oc1cccc2ccccc12. The summed E-state index contributed by atoms with van der Waals surface area (Å²) in [7, 11) is 0. The fraction of sp³-hybridized carbons (Fsp3) is 0.389. The summed E-state index contributed by atoms with van der Waals surface area (Å²) in [5.74, 6) is -0.132. The molecule has 2 rings (SSSR count). The Morgan fingerprint density at radius 1 is 1.19 bits per heavy atom. The van der Waals surface area contributed by atoms with E-state index in [0.29, 0.717) is 5.75 Å². The summed E-state index contributed by atoms with van der Waals surface area (Å²) >= 11 is 10.5. The van der Waals surface area contributed by atoms with E-state index in [1.807, 2.05) is 30.3 Å². The monoisotopic (exact) mass is 415 g/mol. The van der Waals surface area contributed by atoms with Crippen LogP contribution < -0.4 is 9.61 Å². The highest BCUT2D eigenvalue weighted by atomic mass is 35.7. The quantitative estimate of drug-likeness (QED) is 0.370. The van der Waals surface area contributed by atoms with E-state index in [9.17, 15) is 9.36 Å². The van der Waals surface area contributed by atoms with Crippen molar-refractivity contribution in [1.82, 2.24) is 5.09 Å². The lowest BCUT2D eigenvalue weighted by Gasteiger charge is -2.32. The van der Waals surface area contributed by atoms with Crippen LogP contribution >= 0.6 is 30.7 Å². The van der Waals surface area contributed by atoms with Crippen LogP contribution in [0.5, 0.6) is 5.75 Å². The summed E-state index contributed by atoms with van der Waals surface area (Å²) in [6, 6.07) is 12.9. The Balaban J connectivity index is 2.19. The summed E-state index contributed by atoms with van der Waals surface area (Å²) in [6.45, 7) is 3.01. The molecule has 142 valence electrons. The third-order valence-corrected chi connectivity index (χ3v) is 6.24. The van der Waals surface area contributed by atoms with Gasteiger partial charge in [0.2, 0.25) is 0 Å². The molecule has 0 aliphatic heterocycles. The van der Waals surface area contributed by atoms with Gasteiger partial charge in [-0.1, -0.05) is 36.4 Å². The van der Waals surface area contributed by atoms with Gasteiger partial charge < -0.3 is 9.26 Å². The van der Waals surface area contributed by atoms with Gasteiger partial charge in [-0.15, -0.1) is 0 Å². The molecule has 5 nitrogen and oxygen atoms in total. The molecule has 0 bridgehead atoms. The second-order valence-corrected chi connectivity index (χ2v) is 9.99. The Kier molecular flexibility index (Phi) is 6.67. The Morgan fingerprint density at radius 2 is 1.81 bits per heavy atom. The largest absolute Gasteiger partial charge is 0.462 e. The maximum Gasteiger partial charge on any atom is 0.409 e. The second kappa shape index (κ2) is 8.22. The average Bonchev–Trinajstić information content (AvgIpc) is 2.52. The molecule has 8 heteroatoms. The van der Waals surface area contributed by atoms with E-state index in [0.717, 1.165) is 10.8 Å². The Labute approximate surface area is 164 Å². The molecule has 2 aromatic carbocycles. The van der Waals surface area contributed by atoms with Gasteiger partial charge in [0.25, 0.3) is 0 Å². The predicted molar refractivity (Wildman–Crippen MR) is 109 cm³/mol. The zero-order chi connectivity index (χ0) is 19.5. The number of carbonyl (C=O) groups is 1. The molecule has 0 aromatic heterocycles. The fourth-order valence-corrected chi connectivity index (χ4v) is 4.80. The summed E-state index contributed by atoms with van der Waals surface area (Å²) in [6.07, 6.45) is -0.275. The van der Waals surface area contributed by atoms with Crippen molar-refractivity contribution >= 4 is 47.5 Å². The molecule has 2 atom stereocenters. The van der Waals surface area contributed by atoms with E-state index in [1.165, 1.54) is 0 Å². The normalized spacial score (nSPS) is 15.5. The molecule has 0 amide bonds. The molecule has 0 heterocycles. The summed E-state index contributed by atoms with van der Waals surface area (Å²) in [5, 5.41) is 3.57. The molecule has 2 aromatic rings. The van der Waals surface area contributed by atoms with Crippen molar-refractivity contribution in [2.75, 3.05) is 0 Å². The minimum atomic E-state index is -3.80. The van der Waals surface area contributed by atoms with E-state index < -0.39 is 23.6 Å². The number of benzene rings is 2. The molecule has 0 saturated heterocycles. The first-order valence-electron chi connectivity index (χ1n) is 8.17. The lowest BCUT2D eigenvalue weighted by atomic mass is 10.0. The predicted octanol–water partition coefficient (Wildman–Crippen LogP) is 5.18. The van der Waals surface area contributed by atoms with Crippen LogP contribution in [0, 0.1) is 0 Å². The highest BCUT2D eigenvalue weighted by Crippen LogP contribution is 2.51. The zero-order valence-electron chi connectivity index (χ0n) is 15.1. The number of hydrogen-bond donors (Lipinski definition) is 2. The maximum atomic E-state index is 12.8. The number of ether oxygens (including phenoxy) is 1. The van der Waals surface area contributed by atoms with Gasteiger partial charge in [0.1, 0.15) is 11.0 Å². The van der Waals surface area contributed by atoms with Crippen LogP contribution in [0.4, 0.5) is 0 Å². The Morgan fingerprint density at radius 3 is 2.46 bits per heavy atom. The number of fused-ring (bicyclic) bond motifs is 1. The third-order valence-electron chi connectivity index (χ3n) is 3.65. The van der Waals surface area contributed by atoms with Crippen molar-refractivity contribution in [3.63, 3.8) is 0 Å². The smallest absolute Gasteiger partial charge is 0.409 e. The molecule has 0 fully saturated rings. The highest BCUT2D eigenvalue weighted by molar-refractivity contribution is 7.84. The molecule has 0 spiro atoms. The van der Waals surface area contributed by atoms with Crippen LogP contribution in [-0.4, -0.2) is 22.9 Å². The van der Waals surface area contributed by atoms with Gasteiger partial charge in [0.15, 0.2) is 0 Å². The topological polar surface area (TPSA) is 64.6 Å². The first-order valence-corrected chi connectivity index (χ1v) is 11.2. The highest BCUT2D eigenvalue weighted by Gasteiger charge is 2.40. The number of hydrogen-bond acceptors (Lipinski definition) is 5. The number of rotatable bonds is 7. The first kappa shape index (κ1) is 21.1. The van der Waals surface area contributed by atoms with Gasteiger partial charge in [-0.2, -0.15) is 12.6 Å². The standard InChI is InChI=1S/C18H23ClNO4PS/c1-12(2)23-17(21)16(26)18(3,4)20-25(19,22)24-15-11-7-9-13-8-5-6-10-14(13)15/h5-12,16,26H,1-4H3,(H,20,22). The lowest BCUT2D eigenvalue weighted by molar-refractivity contribution is -0.147. The van der Waals surface area contributed by atoms with Crippen LogP contribution in [0.15, 0.2) is 42.5 Å². The minimum Gasteiger partial charge on any atom is -0.462 e. The molecule has 2 unspecified atom stereocenters. The number of esters is 1. The fourth-order valence-electron chi connectivity index (χ4n) is 2.42. The van der Waals surface area contributed by atoms with Crippen LogP contribution in [0.1, 0.15) is 27.7 Å².